The van der Waals surface area contributed by atoms with Crippen molar-refractivity contribution < 1.29 is 4.79 Å². The standard InChI is InChI=1S/C13H12N4O/c14-12(18)11-7-10(9-1-3-15-4-2-9)8-17-6-5-16-13(11)17/h1-4,7-8H,5-6H2,(H2,14,18). The molecule has 0 spiro atoms. The summed E-state index contributed by atoms with van der Waals surface area (Å²) < 4.78 is 0. The van der Waals surface area contributed by atoms with Gasteiger partial charge in [-0.15, -0.1) is 0 Å². The van der Waals surface area contributed by atoms with Crippen LogP contribution in [0.5, 0.6) is 0 Å². The zero-order valence-electron chi connectivity index (χ0n) is 9.71. The molecular formula is C13H12N4O. The fraction of sp³-hybridized carbons (Fsp3) is 0.154. The van der Waals surface area contributed by atoms with Crippen molar-refractivity contribution in [2.75, 3.05) is 13.1 Å². The van der Waals surface area contributed by atoms with Gasteiger partial charge in [0.25, 0.3) is 5.91 Å². The zero-order valence-corrected chi connectivity index (χ0v) is 9.71. The van der Waals surface area contributed by atoms with Gasteiger partial charge >= 0.3 is 0 Å². The van der Waals surface area contributed by atoms with E-state index in [2.05, 4.69) is 9.98 Å². The predicted octanol–water partition coefficient (Wildman–Crippen LogP) is 0.562. The number of nitrogens with two attached hydrogens (primary N) is 1. The molecule has 1 amide bonds. The highest BCUT2D eigenvalue weighted by molar-refractivity contribution is 6.23. The Kier molecular flexibility index (Phi) is 2.44. The number of pyridine rings is 1. The minimum absolute atomic E-state index is 0.444. The van der Waals surface area contributed by atoms with Gasteiger partial charge in [0, 0.05) is 25.1 Å². The summed E-state index contributed by atoms with van der Waals surface area (Å²) in [5.41, 5.74) is 7.84. The zero-order chi connectivity index (χ0) is 12.5. The first kappa shape index (κ1) is 10.7. The Balaban J connectivity index is 2.07. The smallest absolute Gasteiger partial charge is 0.252 e. The molecule has 3 heterocycles. The molecular weight excluding hydrogens is 228 g/mol. The van der Waals surface area contributed by atoms with Crippen molar-refractivity contribution in [3.63, 3.8) is 0 Å². The normalized spacial score (nSPS) is 17.8. The third-order valence-corrected chi connectivity index (χ3v) is 2.99. The average molecular weight is 240 g/mol. The number of allylic oxidation sites excluding steroid dienone is 2. The number of carbonyl (C=O) groups excluding carboxylic acids is 1. The van der Waals surface area contributed by atoms with Crippen LogP contribution in [0.4, 0.5) is 0 Å². The summed E-state index contributed by atoms with van der Waals surface area (Å²) in [5.74, 6) is 0.237. The molecule has 0 unspecified atom stereocenters. The van der Waals surface area contributed by atoms with Crippen LogP contribution in [0, 0.1) is 0 Å². The van der Waals surface area contributed by atoms with Crippen molar-refractivity contribution in [2.45, 2.75) is 0 Å². The van der Waals surface area contributed by atoms with E-state index in [1.165, 1.54) is 0 Å². The fourth-order valence-electron chi connectivity index (χ4n) is 2.13. The van der Waals surface area contributed by atoms with E-state index in [1.54, 1.807) is 18.5 Å². The highest BCUT2D eigenvalue weighted by Gasteiger charge is 2.26. The largest absolute Gasteiger partial charge is 0.365 e. The number of amidine groups is 1. The van der Waals surface area contributed by atoms with Gasteiger partial charge < -0.3 is 10.6 Å². The summed E-state index contributed by atoms with van der Waals surface area (Å²) in [6.07, 6.45) is 7.23. The van der Waals surface area contributed by atoms with Crippen molar-refractivity contribution in [3.05, 3.63) is 47.9 Å². The number of rotatable bonds is 2. The van der Waals surface area contributed by atoms with E-state index in [1.807, 2.05) is 23.2 Å². The van der Waals surface area contributed by atoms with Gasteiger partial charge in [-0.3, -0.25) is 14.8 Å². The predicted molar refractivity (Wildman–Crippen MR) is 68.5 cm³/mol. The van der Waals surface area contributed by atoms with Crippen molar-refractivity contribution in [1.29, 1.82) is 0 Å². The lowest BCUT2D eigenvalue weighted by molar-refractivity contribution is -0.114. The van der Waals surface area contributed by atoms with Gasteiger partial charge in [-0.25, -0.2) is 0 Å². The Labute approximate surface area is 104 Å². The molecule has 90 valence electrons. The molecule has 0 radical (unpaired) electrons. The van der Waals surface area contributed by atoms with Crippen molar-refractivity contribution in [3.8, 4) is 0 Å². The molecule has 0 atom stereocenters. The summed E-state index contributed by atoms with van der Waals surface area (Å²) >= 11 is 0. The second kappa shape index (κ2) is 4.10. The highest BCUT2D eigenvalue weighted by atomic mass is 16.1. The van der Waals surface area contributed by atoms with Gasteiger partial charge in [0.15, 0.2) is 0 Å². The third kappa shape index (κ3) is 1.69. The Morgan fingerprint density at radius 3 is 2.83 bits per heavy atom. The van der Waals surface area contributed by atoms with Crippen LogP contribution in [0.3, 0.4) is 0 Å². The number of amides is 1. The van der Waals surface area contributed by atoms with E-state index in [0.29, 0.717) is 18.0 Å². The number of fused-ring (bicyclic) bond motifs is 1. The number of aromatic nitrogens is 1. The van der Waals surface area contributed by atoms with E-state index in [9.17, 15) is 4.79 Å². The van der Waals surface area contributed by atoms with Gasteiger partial charge in [-0.05, 0) is 29.3 Å². The lowest BCUT2D eigenvalue weighted by Gasteiger charge is -2.22. The first-order valence-corrected chi connectivity index (χ1v) is 5.71. The number of carbonyl (C=O) groups is 1. The van der Waals surface area contributed by atoms with Crippen LogP contribution in [-0.2, 0) is 4.79 Å². The number of primary amides is 1. The summed E-state index contributed by atoms with van der Waals surface area (Å²) in [7, 11) is 0. The van der Waals surface area contributed by atoms with Gasteiger partial charge in [0.2, 0.25) is 0 Å². The quantitative estimate of drug-likeness (QED) is 0.821. The van der Waals surface area contributed by atoms with Crippen LogP contribution in [0.25, 0.3) is 5.57 Å². The molecule has 5 nitrogen and oxygen atoms in total. The maximum absolute atomic E-state index is 11.5. The average Bonchev–Trinajstić information content (AvgIpc) is 2.86. The molecule has 0 saturated heterocycles. The molecule has 5 heteroatoms. The fourth-order valence-corrected chi connectivity index (χ4v) is 2.13. The van der Waals surface area contributed by atoms with Gasteiger partial charge in [-0.1, -0.05) is 0 Å². The number of nitrogens with zero attached hydrogens (tertiary/aromatic N) is 3. The van der Waals surface area contributed by atoms with Crippen LogP contribution in [0.15, 0.2) is 47.4 Å². The van der Waals surface area contributed by atoms with E-state index in [4.69, 9.17) is 5.73 Å². The molecule has 0 fully saturated rings. The number of hydrogen-bond donors (Lipinski definition) is 1. The minimum Gasteiger partial charge on any atom is -0.365 e. The Morgan fingerprint density at radius 2 is 2.11 bits per heavy atom. The second-order valence-corrected chi connectivity index (χ2v) is 4.14. The van der Waals surface area contributed by atoms with E-state index in [0.717, 1.165) is 17.7 Å². The van der Waals surface area contributed by atoms with Crippen LogP contribution in [0.1, 0.15) is 5.56 Å². The van der Waals surface area contributed by atoms with E-state index in [-0.39, 0.29) is 0 Å². The molecule has 0 aliphatic carbocycles. The molecule has 0 bridgehead atoms. The van der Waals surface area contributed by atoms with Crippen LogP contribution in [-0.4, -0.2) is 34.7 Å². The first-order chi connectivity index (χ1) is 8.75. The molecule has 0 saturated carbocycles. The maximum atomic E-state index is 11.5. The molecule has 2 N–H and O–H groups in total. The highest BCUT2D eigenvalue weighted by Crippen LogP contribution is 2.25. The number of aliphatic imine (C=N–C) groups is 1. The van der Waals surface area contributed by atoms with E-state index < -0.39 is 5.91 Å². The summed E-state index contributed by atoms with van der Waals surface area (Å²) in [6.45, 7) is 1.48. The first-order valence-electron chi connectivity index (χ1n) is 5.71. The van der Waals surface area contributed by atoms with Gasteiger partial charge in [0.1, 0.15) is 5.84 Å². The molecule has 18 heavy (non-hydrogen) atoms. The van der Waals surface area contributed by atoms with Crippen molar-refractivity contribution >= 4 is 17.3 Å². The Hall–Kier alpha value is -2.43. The maximum Gasteiger partial charge on any atom is 0.252 e. The van der Waals surface area contributed by atoms with Crippen LogP contribution in [0.2, 0.25) is 0 Å². The molecule has 3 rings (SSSR count). The monoisotopic (exact) mass is 240 g/mol. The molecule has 2 aliphatic rings. The molecule has 1 aromatic rings. The lowest BCUT2D eigenvalue weighted by atomic mass is 10.0. The SMILES string of the molecule is NC(=O)C1=CC(c2ccncc2)=CN2CCN=C12. The van der Waals surface area contributed by atoms with Crippen molar-refractivity contribution in [1.82, 2.24) is 9.88 Å². The second-order valence-electron chi connectivity index (χ2n) is 4.14. The van der Waals surface area contributed by atoms with Crippen molar-refractivity contribution in [2.24, 2.45) is 10.7 Å². The lowest BCUT2D eigenvalue weighted by Crippen LogP contribution is -2.32. The van der Waals surface area contributed by atoms with Gasteiger partial charge in [-0.2, -0.15) is 0 Å². The topological polar surface area (TPSA) is 71.6 Å². The molecule has 2 aliphatic heterocycles. The summed E-state index contributed by atoms with van der Waals surface area (Å²) in [5, 5.41) is 0. The van der Waals surface area contributed by atoms with Crippen LogP contribution >= 0.6 is 0 Å². The minimum atomic E-state index is -0.444. The summed E-state index contributed by atoms with van der Waals surface area (Å²) in [6, 6.07) is 3.80. The molecule has 0 aromatic carbocycles. The van der Waals surface area contributed by atoms with Gasteiger partial charge in [0.05, 0.1) is 12.1 Å². The van der Waals surface area contributed by atoms with Crippen LogP contribution < -0.4 is 5.73 Å². The summed E-state index contributed by atoms with van der Waals surface area (Å²) in [4.78, 5) is 21.7. The third-order valence-electron chi connectivity index (χ3n) is 2.99. The molecule has 1 aromatic heterocycles. The Bertz CT molecular complexity index is 586. The Morgan fingerprint density at radius 1 is 1.33 bits per heavy atom. The number of hydrogen-bond acceptors (Lipinski definition) is 4. The van der Waals surface area contributed by atoms with E-state index >= 15 is 0 Å².